The molecule has 7 nitrogen and oxygen atoms in total. The Hall–Kier alpha value is -1.54. The van der Waals surface area contributed by atoms with Crippen molar-refractivity contribution < 1.29 is 0 Å². The van der Waals surface area contributed by atoms with Gasteiger partial charge in [0.15, 0.2) is 11.0 Å². The summed E-state index contributed by atoms with van der Waals surface area (Å²) in [6, 6.07) is 0.458. The Balaban J connectivity index is 1.58. The molecule has 1 fully saturated rings. The molecule has 0 saturated carbocycles. The van der Waals surface area contributed by atoms with Gasteiger partial charge in [0.1, 0.15) is 0 Å². The first-order chi connectivity index (χ1) is 10.8. The highest BCUT2D eigenvalue weighted by Gasteiger charge is 2.26. The zero-order valence-corrected chi connectivity index (χ0v) is 14.0. The second-order valence-corrected chi connectivity index (χ2v) is 6.64. The lowest BCUT2D eigenvalue weighted by atomic mass is 10.2. The van der Waals surface area contributed by atoms with Gasteiger partial charge in [-0.25, -0.2) is 9.67 Å². The number of thiazole rings is 1. The minimum atomic E-state index is 0.458. The lowest BCUT2D eigenvalue weighted by molar-refractivity contribution is 0.212. The van der Waals surface area contributed by atoms with Gasteiger partial charge in [0.2, 0.25) is 0 Å². The highest BCUT2D eigenvalue weighted by Crippen LogP contribution is 2.23. The minimum absolute atomic E-state index is 0.458. The van der Waals surface area contributed by atoms with Crippen molar-refractivity contribution in [3.8, 4) is 0 Å². The molecule has 1 unspecified atom stereocenters. The molecule has 22 heavy (non-hydrogen) atoms. The van der Waals surface area contributed by atoms with E-state index in [0.29, 0.717) is 6.04 Å². The van der Waals surface area contributed by atoms with Gasteiger partial charge in [-0.1, -0.05) is 13.3 Å². The Morgan fingerprint density at radius 2 is 2.27 bits per heavy atom. The first-order valence-corrected chi connectivity index (χ1v) is 8.79. The van der Waals surface area contributed by atoms with Crippen LogP contribution in [-0.4, -0.2) is 55.8 Å². The van der Waals surface area contributed by atoms with E-state index in [-0.39, 0.29) is 0 Å². The van der Waals surface area contributed by atoms with Crippen LogP contribution in [0.3, 0.4) is 0 Å². The predicted molar refractivity (Wildman–Crippen MR) is 86.9 cm³/mol. The van der Waals surface area contributed by atoms with E-state index in [9.17, 15) is 0 Å². The number of tetrazole rings is 1. The molecule has 2 aromatic rings. The number of aromatic nitrogens is 5. The zero-order chi connectivity index (χ0) is 15.4. The highest BCUT2D eigenvalue weighted by molar-refractivity contribution is 7.13. The summed E-state index contributed by atoms with van der Waals surface area (Å²) >= 11 is 1.71. The van der Waals surface area contributed by atoms with Crippen molar-refractivity contribution in [3.63, 3.8) is 0 Å². The van der Waals surface area contributed by atoms with Gasteiger partial charge in [-0.2, -0.15) is 0 Å². The molecule has 0 radical (unpaired) electrons. The molecule has 3 rings (SSSR count). The van der Waals surface area contributed by atoms with E-state index in [0.717, 1.165) is 56.5 Å². The quantitative estimate of drug-likeness (QED) is 0.806. The fourth-order valence-corrected chi connectivity index (χ4v) is 3.61. The first-order valence-electron chi connectivity index (χ1n) is 7.91. The molecule has 2 aromatic heterocycles. The van der Waals surface area contributed by atoms with Crippen molar-refractivity contribution in [1.82, 2.24) is 30.1 Å². The fraction of sp³-hybridized carbons (Fsp3) is 0.714. The Bertz CT molecular complexity index is 568. The molecule has 120 valence electrons. The molecule has 3 heterocycles. The van der Waals surface area contributed by atoms with E-state index in [1.54, 1.807) is 11.3 Å². The third kappa shape index (κ3) is 3.44. The molecule has 1 aliphatic rings. The summed E-state index contributed by atoms with van der Waals surface area (Å²) in [6.07, 6.45) is 4.15. The molecule has 0 amide bonds. The summed E-state index contributed by atoms with van der Waals surface area (Å²) in [6.45, 7) is 9.22. The second kappa shape index (κ2) is 7.15. The van der Waals surface area contributed by atoms with Crippen molar-refractivity contribution >= 4 is 16.5 Å². The van der Waals surface area contributed by atoms with Crippen LogP contribution in [-0.2, 0) is 13.1 Å². The summed E-state index contributed by atoms with van der Waals surface area (Å²) in [5.41, 5.74) is 0. The van der Waals surface area contributed by atoms with Crippen LogP contribution in [0.25, 0.3) is 0 Å². The van der Waals surface area contributed by atoms with Gasteiger partial charge in [0.25, 0.3) is 0 Å². The summed E-state index contributed by atoms with van der Waals surface area (Å²) in [7, 11) is 0. The van der Waals surface area contributed by atoms with Gasteiger partial charge in [-0.15, -0.1) is 16.4 Å². The van der Waals surface area contributed by atoms with E-state index in [1.807, 2.05) is 16.3 Å². The maximum absolute atomic E-state index is 4.43. The number of rotatable bonds is 6. The maximum Gasteiger partial charge on any atom is 0.185 e. The van der Waals surface area contributed by atoms with Crippen LogP contribution >= 0.6 is 11.3 Å². The van der Waals surface area contributed by atoms with Crippen LogP contribution in [0.4, 0.5) is 5.13 Å². The van der Waals surface area contributed by atoms with E-state index in [1.165, 1.54) is 0 Å². The molecule has 1 saturated heterocycles. The van der Waals surface area contributed by atoms with Gasteiger partial charge < -0.3 is 4.90 Å². The van der Waals surface area contributed by atoms with Crippen molar-refractivity contribution in [2.24, 2.45) is 0 Å². The van der Waals surface area contributed by atoms with E-state index in [2.05, 4.69) is 44.2 Å². The Morgan fingerprint density at radius 1 is 1.36 bits per heavy atom. The smallest absolute Gasteiger partial charge is 0.185 e. The molecule has 0 aliphatic carbocycles. The van der Waals surface area contributed by atoms with E-state index < -0.39 is 0 Å². The molecule has 0 spiro atoms. The van der Waals surface area contributed by atoms with Crippen LogP contribution in [0.15, 0.2) is 11.6 Å². The van der Waals surface area contributed by atoms with Crippen molar-refractivity contribution in [3.05, 3.63) is 17.4 Å². The average Bonchev–Trinajstić information content (AvgIpc) is 3.17. The maximum atomic E-state index is 4.43. The van der Waals surface area contributed by atoms with Crippen LogP contribution in [0.5, 0.6) is 0 Å². The van der Waals surface area contributed by atoms with Crippen LogP contribution in [0.2, 0.25) is 0 Å². The molecular weight excluding hydrogens is 298 g/mol. The predicted octanol–water partition coefficient (Wildman–Crippen LogP) is 1.64. The Morgan fingerprint density at radius 3 is 3.00 bits per heavy atom. The molecule has 8 heteroatoms. The number of piperazine rings is 1. The number of unbranched alkanes of at least 4 members (excludes halogenated alkanes) is 1. The summed E-state index contributed by atoms with van der Waals surface area (Å²) in [5, 5.41) is 15.3. The fourth-order valence-electron chi connectivity index (χ4n) is 2.84. The number of anilines is 1. The van der Waals surface area contributed by atoms with Crippen LogP contribution in [0, 0.1) is 0 Å². The lowest BCUT2D eigenvalue weighted by Gasteiger charge is -2.39. The average molecular weight is 321 g/mol. The number of aryl methyl sites for hydroxylation is 1. The highest BCUT2D eigenvalue weighted by atomic mass is 32.1. The van der Waals surface area contributed by atoms with Gasteiger partial charge in [0.05, 0.1) is 6.54 Å². The monoisotopic (exact) mass is 321 g/mol. The molecular formula is C14H23N7S. The number of hydrogen-bond donors (Lipinski definition) is 0. The standard InChI is InChI=1S/C14H23N7S/c1-3-4-6-21-13(16-17-18-21)11-19-7-8-20(12(2)10-19)14-15-5-9-22-14/h5,9,12H,3-4,6-8,10-11H2,1-2H3. The topological polar surface area (TPSA) is 63.0 Å². The molecule has 0 aromatic carbocycles. The van der Waals surface area contributed by atoms with Crippen LogP contribution in [0.1, 0.15) is 32.5 Å². The van der Waals surface area contributed by atoms with Crippen molar-refractivity contribution in [1.29, 1.82) is 0 Å². The largest absolute Gasteiger partial charge is 0.343 e. The number of nitrogens with zero attached hydrogens (tertiary/aromatic N) is 7. The normalized spacial score (nSPS) is 19.7. The second-order valence-electron chi connectivity index (χ2n) is 5.76. The Kier molecular flexibility index (Phi) is 4.99. The molecule has 1 aliphatic heterocycles. The zero-order valence-electron chi connectivity index (χ0n) is 13.2. The molecule has 0 bridgehead atoms. The molecule has 1 atom stereocenters. The minimum Gasteiger partial charge on any atom is -0.343 e. The Labute approximate surface area is 134 Å². The van der Waals surface area contributed by atoms with Gasteiger partial charge in [-0.05, 0) is 23.8 Å². The lowest BCUT2D eigenvalue weighted by Crippen LogP contribution is -2.51. The summed E-state index contributed by atoms with van der Waals surface area (Å²) < 4.78 is 1.95. The third-order valence-electron chi connectivity index (χ3n) is 4.07. The summed E-state index contributed by atoms with van der Waals surface area (Å²) in [5.74, 6) is 0.975. The molecule has 0 N–H and O–H groups in total. The van der Waals surface area contributed by atoms with Crippen molar-refractivity contribution in [2.75, 3.05) is 24.5 Å². The first kappa shape index (κ1) is 15.4. The van der Waals surface area contributed by atoms with E-state index in [4.69, 9.17) is 0 Å². The summed E-state index contributed by atoms with van der Waals surface area (Å²) in [4.78, 5) is 9.25. The van der Waals surface area contributed by atoms with Gasteiger partial charge >= 0.3 is 0 Å². The van der Waals surface area contributed by atoms with Crippen LogP contribution < -0.4 is 4.90 Å². The van der Waals surface area contributed by atoms with Crippen molar-refractivity contribution in [2.45, 2.75) is 45.8 Å². The van der Waals surface area contributed by atoms with Gasteiger partial charge in [-0.3, -0.25) is 4.90 Å². The SMILES string of the molecule is CCCCn1nnnc1CN1CCN(c2nccs2)C(C)C1. The van der Waals surface area contributed by atoms with Gasteiger partial charge in [0, 0.05) is 43.8 Å². The van der Waals surface area contributed by atoms with E-state index >= 15 is 0 Å². The third-order valence-corrected chi connectivity index (χ3v) is 4.88. The number of hydrogen-bond acceptors (Lipinski definition) is 7.